The van der Waals surface area contributed by atoms with Gasteiger partial charge in [-0.3, -0.25) is 4.68 Å². The third-order valence-corrected chi connectivity index (χ3v) is 5.44. The number of nitrogens with two attached hydrogens (primary N) is 1. The van der Waals surface area contributed by atoms with Crippen LogP contribution in [0, 0.1) is 0 Å². The Balaban J connectivity index is 2.37. The Morgan fingerprint density at radius 2 is 2.22 bits per heavy atom. The van der Waals surface area contributed by atoms with Gasteiger partial charge in [-0.15, -0.1) is 0 Å². The summed E-state index contributed by atoms with van der Waals surface area (Å²) in [5, 5.41) is 4.00. The molecule has 6 nitrogen and oxygen atoms in total. The molecule has 1 atom stereocenters. The fraction of sp³-hybridized carbons (Fsp3) is 0.727. The minimum atomic E-state index is -3.51. The highest BCUT2D eigenvalue weighted by atomic mass is 32.2. The van der Waals surface area contributed by atoms with Crippen LogP contribution in [0.15, 0.2) is 11.1 Å². The Labute approximate surface area is 108 Å². The first kappa shape index (κ1) is 13.4. The zero-order valence-electron chi connectivity index (χ0n) is 10.8. The molecular formula is C11H20N4O2S. The van der Waals surface area contributed by atoms with Crippen LogP contribution in [0.2, 0.25) is 0 Å². The zero-order chi connectivity index (χ0) is 13.3. The summed E-state index contributed by atoms with van der Waals surface area (Å²) in [6, 6.07) is 0.0353. The van der Waals surface area contributed by atoms with E-state index in [1.807, 2.05) is 13.8 Å². The van der Waals surface area contributed by atoms with Gasteiger partial charge in [0.25, 0.3) is 0 Å². The van der Waals surface area contributed by atoms with Gasteiger partial charge in [-0.05, 0) is 26.7 Å². The van der Waals surface area contributed by atoms with E-state index in [4.69, 9.17) is 5.73 Å². The average Bonchev–Trinajstić information content (AvgIpc) is 2.71. The van der Waals surface area contributed by atoms with Gasteiger partial charge in [-0.25, -0.2) is 8.42 Å². The van der Waals surface area contributed by atoms with Crippen molar-refractivity contribution >= 4 is 15.8 Å². The Kier molecular flexibility index (Phi) is 3.63. The van der Waals surface area contributed by atoms with E-state index in [0.29, 0.717) is 13.1 Å². The highest BCUT2D eigenvalue weighted by Gasteiger charge is 2.33. The molecule has 1 aromatic rings. The van der Waals surface area contributed by atoms with Gasteiger partial charge in [0, 0.05) is 25.3 Å². The van der Waals surface area contributed by atoms with Gasteiger partial charge in [0.05, 0.1) is 0 Å². The number of sulfonamides is 1. The van der Waals surface area contributed by atoms with E-state index in [2.05, 4.69) is 5.10 Å². The molecule has 0 saturated carbocycles. The lowest BCUT2D eigenvalue weighted by Crippen LogP contribution is -2.42. The normalized spacial score (nSPS) is 22.2. The van der Waals surface area contributed by atoms with Gasteiger partial charge in [-0.1, -0.05) is 6.42 Å². The number of nitrogen functional groups attached to an aromatic ring is 1. The van der Waals surface area contributed by atoms with Crippen LogP contribution in [-0.4, -0.2) is 35.1 Å². The van der Waals surface area contributed by atoms with Crippen LogP contribution in [0.25, 0.3) is 0 Å². The molecule has 18 heavy (non-hydrogen) atoms. The second-order valence-corrected chi connectivity index (χ2v) is 6.55. The lowest BCUT2D eigenvalue weighted by atomic mass is 10.1. The molecule has 1 fully saturated rings. The molecule has 0 bridgehead atoms. The molecule has 0 spiro atoms. The second-order valence-electron chi connectivity index (χ2n) is 4.69. The van der Waals surface area contributed by atoms with Crippen molar-refractivity contribution in [1.82, 2.24) is 14.1 Å². The summed E-state index contributed by atoms with van der Waals surface area (Å²) in [5.41, 5.74) is 5.72. The van der Waals surface area contributed by atoms with Crippen LogP contribution in [0.5, 0.6) is 0 Å². The predicted molar refractivity (Wildman–Crippen MR) is 69.5 cm³/mol. The number of anilines is 1. The van der Waals surface area contributed by atoms with E-state index < -0.39 is 10.0 Å². The maximum atomic E-state index is 12.5. The van der Waals surface area contributed by atoms with E-state index >= 15 is 0 Å². The minimum absolute atomic E-state index is 0.0353. The smallest absolute Gasteiger partial charge is 0.248 e. The maximum absolute atomic E-state index is 12.5. The van der Waals surface area contributed by atoms with E-state index in [9.17, 15) is 8.42 Å². The Morgan fingerprint density at radius 1 is 1.50 bits per heavy atom. The highest BCUT2D eigenvalue weighted by molar-refractivity contribution is 7.89. The first-order valence-electron chi connectivity index (χ1n) is 6.31. The first-order valence-corrected chi connectivity index (χ1v) is 7.75. The molecule has 1 saturated heterocycles. The second kappa shape index (κ2) is 4.89. The van der Waals surface area contributed by atoms with Gasteiger partial charge < -0.3 is 5.73 Å². The van der Waals surface area contributed by atoms with E-state index in [-0.39, 0.29) is 16.8 Å². The molecule has 2 heterocycles. The summed E-state index contributed by atoms with van der Waals surface area (Å²) in [5.74, 6) is 0.0922. The Hall–Kier alpha value is -1.08. The van der Waals surface area contributed by atoms with E-state index in [1.54, 1.807) is 8.99 Å². The van der Waals surface area contributed by atoms with Crippen molar-refractivity contribution in [2.24, 2.45) is 0 Å². The van der Waals surface area contributed by atoms with Gasteiger partial charge in [0.2, 0.25) is 10.0 Å². The molecule has 7 heteroatoms. The highest BCUT2D eigenvalue weighted by Crippen LogP contribution is 2.27. The summed E-state index contributed by atoms with van der Waals surface area (Å²) < 4.78 is 28.2. The molecule has 0 amide bonds. The van der Waals surface area contributed by atoms with Crippen LogP contribution in [0.1, 0.15) is 33.1 Å². The number of nitrogens with zero attached hydrogens (tertiary/aromatic N) is 3. The maximum Gasteiger partial charge on any atom is 0.248 e. The SMILES string of the molecule is CCn1cc(S(=O)(=O)N2CCCCC2C)c(N)n1. The van der Waals surface area contributed by atoms with Crippen molar-refractivity contribution in [2.45, 2.75) is 50.6 Å². The van der Waals surface area contributed by atoms with Gasteiger partial charge in [-0.2, -0.15) is 9.40 Å². The number of piperidine rings is 1. The predicted octanol–water partition coefficient (Wildman–Crippen LogP) is 1.05. The number of aryl methyl sites for hydroxylation is 1. The number of rotatable bonds is 3. The quantitative estimate of drug-likeness (QED) is 0.891. The molecule has 2 N–H and O–H groups in total. The largest absolute Gasteiger partial charge is 0.381 e. The molecule has 1 aliphatic rings. The molecule has 0 radical (unpaired) electrons. The van der Waals surface area contributed by atoms with Crippen LogP contribution < -0.4 is 5.73 Å². The fourth-order valence-corrected chi connectivity index (χ4v) is 4.10. The summed E-state index contributed by atoms with van der Waals surface area (Å²) in [6.07, 6.45) is 4.41. The van der Waals surface area contributed by atoms with Crippen molar-refractivity contribution in [1.29, 1.82) is 0 Å². The summed E-state index contributed by atoms with van der Waals surface area (Å²) in [4.78, 5) is 0.137. The van der Waals surface area contributed by atoms with Crippen molar-refractivity contribution < 1.29 is 8.42 Å². The molecule has 1 aromatic heterocycles. The topological polar surface area (TPSA) is 81.2 Å². The standard InChI is InChI=1S/C11H20N4O2S/c1-3-14-8-10(11(12)13-14)18(16,17)15-7-5-4-6-9(15)2/h8-9H,3-7H2,1-2H3,(H2,12,13). The molecular weight excluding hydrogens is 252 g/mol. The number of aromatic nitrogens is 2. The molecule has 0 aliphatic carbocycles. The third-order valence-electron chi connectivity index (χ3n) is 3.41. The van der Waals surface area contributed by atoms with Crippen LogP contribution in [-0.2, 0) is 16.6 Å². The molecule has 1 aliphatic heterocycles. The lowest BCUT2D eigenvalue weighted by molar-refractivity contribution is 0.269. The monoisotopic (exact) mass is 272 g/mol. The van der Waals surface area contributed by atoms with Crippen LogP contribution in [0.4, 0.5) is 5.82 Å². The average molecular weight is 272 g/mol. The van der Waals surface area contributed by atoms with Crippen molar-refractivity contribution in [3.05, 3.63) is 6.20 Å². The fourth-order valence-electron chi connectivity index (χ4n) is 2.33. The number of hydrogen-bond donors (Lipinski definition) is 1. The summed E-state index contributed by atoms with van der Waals surface area (Å²) in [7, 11) is -3.51. The molecule has 2 rings (SSSR count). The van der Waals surface area contributed by atoms with E-state index in [1.165, 1.54) is 6.20 Å². The van der Waals surface area contributed by atoms with Gasteiger partial charge in [0.15, 0.2) is 5.82 Å². The van der Waals surface area contributed by atoms with Gasteiger partial charge in [0.1, 0.15) is 4.90 Å². The molecule has 1 unspecified atom stereocenters. The van der Waals surface area contributed by atoms with Crippen molar-refractivity contribution in [3.8, 4) is 0 Å². The van der Waals surface area contributed by atoms with Crippen LogP contribution >= 0.6 is 0 Å². The summed E-state index contributed by atoms with van der Waals surface area (Å²) >= 11 is 0. The zero-order valence-corrected chi connectivity index (χ0v) is 11.7. The van der Waals surface area contributed by atoms with E-state index in [0.717, 1.165) is 19.3 Å². The summed E-state index contributed by atoms with van der Waals surface area (Å²) in [6.45, 7) is 5.01. The van der Waals surface area contributed by atoms with Crippen molar-refractivity contribution in [2.75, 3.05) is 12.3 Å². The Morgan fingerprint density at radius 3 is 2.78 bits per heavy atom. The molecule has 102 valence electrons. The third kappa shape index (κ3) is 2.24. The van der Waals surface area contributed by atoms with Crippen LogP contribution in [0.3, 0.4) is 0 Å². The minimum Gasteiger partial charge on any atom is -0.381 e. The number of hydrogen-bond acceptors (Lipinski definition) is 4. The van der Waals surface area contributed by atoms with Crippen molar-refractivity contribution in [3.63, 3.8) is 0 Å². The Bertz CT molecular complexity index is 523. The lowest BCUT2D eigenvalue weighted by Gasteiger charge is -2.31. The molecule has 0 aromatic carbocycles. The first-order chi connectivity index (χ1) is 8.46. The van der Waals surface area contributed by atoms with Gasteiger partial charge >= 0.3 is 0 Å².